The van der Waals surface area contributed by atoms with Crippen LogP contribution in [-0.4, -0.2) is 28.9 Å². The van der Waals surface area contributed by atoms with E-state index in [-0.39, 0.29) is 29.8 Å². The van der Waals surface area contributed by atoms with Crippen LogP contribution in [0.15, 0.2) is 41.3 Å². The minimum atomic E-state index is -2.87. The number of pyridine rings is 2. The summed E-state index contributed by atoms with van der Waals surface area (Å²) in [6.45, 7) is 0. The molecule has 6 nitrogen and oxygen atoms in total. The lowest BCUT2D eigenvalue weighted by atomic mass is 9.72. The Balaban J connectivity index is 1.87. The molecule has 3 N–H and O–H groups in total. The molecule has 0 saturated heterocycles. The van der Waals surface area contributed by atoms with Crippen molar-refractivity contribution in [1.29, 1.82) is 0 Å². The third-order valence-corrected chi connectivity index (χ3v) is 6.05. The highest BCUT2D eigenvalue weighted by Crippen LogP contribution is 2.51. The summed E-state index contributed by atoms with van der Waals surface area (Å²) in [5.74, 6) is -4.20. The molecule has 1 aromatic carbocycles. The van der Waals surface area contributed by atoms with Gasteiger partial charge in [-0.3, -0.25) is 14.6 Å². The Labute approximate surface area is 181 Å². The topological polar surface area (TPSA) is 98.1 Å². The fraction of sp³-hybridized carbons (Fsp3) is 0.318. The molecule has 0 aliphatic heterocycles. The number of aromatic amines is 1. The number of carbonyl (C=O) groups is 1. The number of primary amides is 1. The van der Waals surface area contributed by atoms with Crippen LogP contribution in [-0.2, 0) is 0 Å². The number of H-pyrrole nitrogens is 1. The number of amides is 1. The van der Waals surface area contributed by atoms with Crippen molar-refractivity contribution >= 4 is 28.4 Å². The molecule has 1 fully saturated rings. The lowest BCUT2D eigenvalue weighted by molar-refractivity contribution is -0.0466. The van der Waals surface area contributed by atoms with Gasteiger partial charge in [0.15, 0.2) is 5.43 Å². The first kappa shape index (κ1) is 21.2. The smallest absolute Gasteiger partial charge is 0.268 e. The van der Waals surface area contributed by atoms with Gasteiger partial charge in [0, 0.05) is 41.7 Å². The Morgan fingerprint density at radius 2 is 2.06 bits per heavy atom. The minimum absolute atomic E-state index is 0.0435. The van der Waals surface area contributed by atoms with E-state index < -0.39 is 29.6 Å². The normalized spacial score (nSPS) is 20.5. The fourth-order valence-electron chi connectivity index (χ4n) is 4.43. The second-order valence-electron chi connectivity index (χ2n) is 7.73. The van der Waals surface area contributed by atoms with Crippen molar-refractivity contribution in [2.75, 3.05) is 7.11 Å². The summed E-state index contributed by atoms with van der Waals surface area (Å²) >= 11 is 6.07. The average molecular weight is 448 g/mol. The van der Waals surface area contributed by atoms with E-state index in [1.807, 2.05) is 0 Å². The number of aromatic nitrogens is 2. The number of methoxy groups -OCH3 is 1. The SMILES string of the molecule is COc1cc(Cl)ccc1[C@@H]1CCC(F)(F)CC1c1cc(=O)c2c(C(N)=O)nccc2[nH]1. The molecule has 0 spiro atoms. The Morgan fingerprint density at radius 3 is 2.77 bits per heavy atom. The monoisotopic (exact) mass is 447 g/mol. The van der Waals surface area contributed by atoms with Gasteiger partial charge in [0.1, 0.15) is 11.4 Å². The third kappa shape index (κ3) is 3.99. The summed E-state index contributed by atoms with van der Waals surface area (Å²) in [5.41, 5.74) is 6.11. The highest BCUT2D eigenvalue weighted by Gasteiger charge is 2.44. The zero-order chi connectivity index (χ0) is 22.3. The van der Waals surface area contributed by atoms with Crippen molar-refractivity contribution in [3.63, 3.8) is 0 Å². The molecule has 1 aliphatic rings. The summed E-state index contributed by atoms with van der Waals surface area (Å²) in [5, 5.41) is 0.519. The number of hydrogen-bond acceptors (Lipinski definition) is 4. The lowest BCUT2D eigenvalue weighted by Crippen LogP contribution is -2.31. The molecule has 4 rings (SSSR count). The molecule has 31 heavy (non-hydrogen) atoms. The number of benzene rings is 1. The van der Waals surface area contributed by atoms with Gasteiger partial charge in [0.2, 0.25) is 5.92 Å². The number of carbonyl (C=O) groups excluding carboxylic acids is 1. The number of halogens is 3. The molecule has 2 aromatic heterocycles. The zero-order valence-corrected chi connectivity index (χ0v) is 17.4. The second-order valence-corrected chi connectivity index (χ2v) is 8.17. The maximum absolute atomic E-state index is 14.4. The molecule has 0 bridgehead atoms. The standard InChI is InChI=1S/C22H20ClF2N3O3/c1-31-18-8-11(23)2-3-13(18)12-4-6-22(24,25)10-14(12)16-9-17(29)19-15(28-16)5-7-27-20(19)21(26)30/h2-3,5,7-9,12,14H,4,6,10H2,1H3,(H2,26,30)(H,28,29)/t12-,14?/m0/s1. The van der Waals surface area contributed by atoms with E-state index in [1.165, 1.54) is 25.4 Å². The van der Waals surface area contributed by atoms with Crippen molar-refractivity contribution in [1.82, 2.24) is 9.97 Å². The number of rotatable bonds is 4. The zero-order valence-electron chi connectivity index (χ0n) is 16.6. The van der Waals surface area contributed by atoms with Crippen LogP contribution in [0.1, 0.15) is 52.8 Å². The predicted octanol–water partition coefficient (Wildman–Crippen LogP) is 4.37. The number of hydrogen-bond donors (Lipinski definition) is 2. The van der Waals surface area contributed by atoms with Gasteiger partial charge in [-0.05, 0) is 36.1 Å². The van der Waals surface area contributed by atoms with Crippen LogP contribution in [0.5, 0.6) is 5.75 Å². The van der Waals surface area contributed by atoms with Crippen LogP contribution in [0.2, 0.25) is 5.02 Å². The number of ether oxygens (including phenoxy) is 1. The third-order valence-electron chi connectivity index (χ3n) is 5.82. The van der Waals surface area contributed by atoms with Crippen molar-refractivity contribution in [3.8, 4) is 5.75 Å². The van der Waals surface area contributed by atoms with Gasteiger partial charge in [-0.2, -0.15) is 0 Å². The number of alkyl halides is 2. The van der Waals surface area contributed by atoms with Crippen molar-refractivity contribution in [2.24, 2.45) is 5.73 Å². The summed E-state index contributed by atoms with van der Waals surface area (Å²) < 4.78 is 34.3. The van der Waals surface area contributed by atoms with Crippen molar-refractivity contribution < 1.29 is 18.3 Å². The van der Waals surface area contributed by atoms with Crippen molar-refractivity contribution in [2.45, 2.75) is 37.0 Å². The van der Waals surface area contributed by atoms with Gasteiger partial charge in [0.05, 0.1) is 18.0 Å². The van der Waals surface area contributed by atoms with Gasteiger partial charge in [-0.1, -0.05) is 17.7 Å². The predicted molar refractivity (Wildman–Crippen MR) is 113 cm³/mol. The maximum Gasteiger partial charge on any atom is 0.268 e. The molecule has 0 radical (unpaired) electrons. The molecule has 1 saturated carbocycles. The van der Waals surface area contributed by atoms with Crippen molar-refractivity contribution in [3.05, 3.63) is 68.7 Å². The molecule has 3 aromatic rings. The Morgan fingerprint density at radius 1 is 1.29 bits per heavy atom. The molecule has 2 atom stereocenters. The highest BCUT2D eigenvalue weighted by molar-refractivity contribution is 6.30. The summed E-state index contributed by atoms with van der Waals surface area (Å²) in [6, 6.07) is 7.89. The van der Waals surface area contributed by atoms with E-state index >= 15 is 0 Å². The van der Waals surface area contributed by atoms with E-state index in [9.17, 15) is 18.4 Å². The van der Waals surface area contributed by atoms with Gasteiger partial charge in [0.25, 0.3) is 5.91 Å². The molecular weight excluding hydrogens is 428 g/mol. The molecule has 9 heteroatoms. The molecular formula is C22H20ClF2N3O3. The molecule has 1 unspecified atom stereocenters. The van der Waals surface area contributed by atoms with Crippen LogP contribution in [0, 0.1) is 0 Å². The second kappa shape index (κ2) is 7.92. The van der Waals surface area contributed by atoms with Gasteiger partial charge < -0.3 is 15.5 Å². The quantitative estimate of drug-likeness (QED) is 0.620. The molecule has 1 aliphatic carbocycles. The maximum atomic E-state index is 14.4. The van der Waals surface area contributed by atoms with Crippen LogP contribution >= 0.6 is 11.6 Å². The van der Waals surface area contributed by atoms with Gasteiger partial charge in [-0.25, -0.2) is 8.78 Å². The molecule has 1 amide bonds. The number of fused-ring (bicyclic) bond motifs is 1. The van der Waals surface area contributed by atoms with Gasteiger partial charge >= 0.3 is 0 Å². The Bertz CT molecular complexity index is 1230. The fourth-order valence-corrected chi connectivity index (χ4v) is 4.59. The first-order chi connectivity index (χ1) is 14.7. The van der Waals surface area contributed by atoms with E-state index in [1.54, 1.807) is 18.2 Å². The van der Waals surface area contributed by atoms with Crippen LogP contribution in [0.4, 0.5) is 8.78 Å². The largest absolute Gasteiger partial charge is 0.496 e. The number of nitrogens with one attached hydrogen (secondary N) is 1. The highest BCUT2D eigenvalue weighted by atomic mass is 35.5. The number of nitrogens with two attached hydrogens (primary N) is 1. The van der Waals surface area contributed by atoms with Crippen LogP contribution in [0.25, 0.3) is 10.9 Å². The van der Waals surface area contributed by atoms with Crippen LogP contribution in [0.3, 0.4) is 0 Å². The number of nitrogens with zero attached hydrogens (tertiary/aromatic N) is 1. The van der Waals surface area contributed by atoms with E-state index in [2.05, 4.69) is 9.97 Å². The lowest BCUT2D eigenvalue weighted by Gasteiger charge is -2.37. The first-order valence-electron chi connectivity index (χ1n) is 9.73. The summed E-state index contributed by atoms with van der Waals surface area (Å²) in [4.78, 5) is 31.5. The Hall–Kier alpha value is -3.00. The van der Waals surface area contributed by atoms with E-state index in [4.69, 9.17) is 22.1 Å². The molecule has 162 valence electrons. The minimum Gasteiger partial charge on any atom is -0.496 e. The summed E-state index contributed by atoms with van der Waals surface area (Å²) in [7, 11) is 1.50. The van der Waals surface area contributed by atoms with E-state index in [0.717, 1.165) is 5.56 Å². The molecule has 2 heterocycles. The average Bonchev–Trinajstić information content (AvgIpc) is 2.72. The van der Waals surface area contributed by atoms with E-state index in [0.29, 0.717) is 22.0 Å². The van der Waals surface area contributed by atoms with Crippen LogP contribution < -0.4 is 15.9 Å². The summed E-state index contributed by atoms with van der Waals surface area (Å²) in [6.07, 6.45) is 0.849. The van der Waals surface area contributed by atoms with Gasteiger partial charge in [-0.15, -0.1) is 0 Å². The first-order valence-corrected chi connectivity index (χ1v) is 10.1. The Kier molecular flexibility index (Phi) is 5.43.